The minimum Gasteiger partial charge on any atom is -0.481 e. The number of methoxy groups -OCH3 is 1. The van der Waals surface area contributed by atoms with Gasteiger partial charge in [0.25, 0.3) is 0 Å². The molecule has 5 heteroatoms. The van der Waals surface area contributed by atoms with Crippen molar-refractivity contribution in [3.05, 3.63) is 44.7 Å². The van der Waals surface area contributed by atoms with Crippen molar-refractivity contribution in [1.29, 1.82) is 0 Å². The van der Waals surface area contributed by atoms with Crippen LogP contribution in [-0.2, 0) is 6.42 Å². The van der Waals surface area contributed by atoms with E-state index in [2.05, 4.69) is 20.9 Å². The lowest BCUT2D eigenvalue weighted by Gasteiger charge is -2.14. The third-order valence-electron chi connectivity index (χ3n) is 2.49. The molecule has 90 valence electrons. The number of hydrogen-bond acceptors (Lipinski definition) is 4. The Bertz CT molecular complexity index is 501. The van der Waals surface area contributed by atoms with Gasteiger partial charge in [-0.1, -0.05) is 6.07 Å². The van der Waals surface area contributed by atoms with Crippen LogP contribution >= 0.6 is 27.3 Å². The van der Waals surface area contributed by atoms with Crippen LogP contribution in [0.4, 0.5) is 0 Å². The first-order chi connectivity index (χ1) is 8.22. The van der Waals surface area contributed by atoms with Crippen molar-refractivity contribution >= 4 is 27.3 Å². The molecule has 2 rings (SSSR count). The molecule has 0 spiro atoms. The molecule has 0 aliphatic carbocycles. The van der Waals surface area contributed by atoms with Crippen molar-refractivity contribution in [2.75, 3.05) is 7.11 Å². The predicted octanol–water partition coefficient (Wildman–Crippen LogP) is 3.16. The lowest BCUT2D eigenvalue weighted by atomic mass is 10.1. The first kappa shape index (κ1) is 12.5. The number of ether oxygens (including phenoxy) is 1. The molecule has 1 unspecified atom stereocenters. The first-order valence-electron chi connectivity index (χ1n) is 5.18. The van der Waals surface area contributed by atoms with Gasteiger partial charge in [-0.25, -0.2) is 4.98 Å². The molecule has 1 atom stereocenters. The van der Waals surface area contributed by atoms with Crippen LogP contribution in [0.25, 0.3) is 0 Å². The summed E-state index contributed by atoms with van der Waals surface area (Å²) in [5.74, 6) is 0.604. The fourth-order valence-corrected chi connectivity index (χ4v) is 3.21. The third-order valence-corrected chi connectivity index (χ3v) is 4.44. The number of nitrogens with zero attached hydrogens (tertiary/aromatic N) is 1. The third kappa shape index (κ3) is 2.86. The number of nitrogens with two attached hydrogens (primary N) is 1. The molecule has 2 aromatic rings. The zero-order chi connectivity index (χ0) is 12.3. The number of rotatable bonds is 4. The SMILES string of the molecule is COc1ncccc1C(N)Cc1sccc1Br. The average Bonchev–Trinajstić information content (AvgIpc) is 2.75. The smallest absolute Gasteiger partial charge is 0.217 e. The number of aromatic nitrogens is 1. The molecule has 0 saturated carbocycles. The normalized spacial score (nSPS) is 12.4. The first-order valence-corrected chi connectivity index (χ1v) is 6.86. The van der Waals surface area contributed by atoms with E-state index in [-0.39, 0.29) is 6.04 Å². The Morgan fingerprint density at radius 1 is 1.53 bits per heavy atom. The zero-order valence-corrected chi connectivity index (χ0v) is 11.8. The Balaban J connectivity index is 2.20. The van der Waals surface area contributed by atoms with E-state index >= 15 is 0 Å². The predicted molar refractivity (Wildman–Crippen MR) is 73.4 cm³/mol. The van der Waals surface area contributed by atoms with Crippen LogP contribution in [0.5, 0.6) is 5.88 Å². The Morgan fingerprint density at radius 3 is 3.00 bits per heavy atom. The molecule has 0 aliphatic heterocycles. The van der Waals surface area contributed by atoms with Crippen LogP contribution in [0.15, 0.2) is 34.2 Å². The average molecular weight is 313 g/mol. The highest BCUT2D eigenvalue weighted by atomic mass is 79.9. The van der Waals surface area contributed by atoms with E-state index < -0.39 is 0 Å². The number of thiophene rings is 1. The highest BCUT2D eigenvalue weighted by Crippen LogP contribution is 2.29. The largest absolute Gasteiger partial charge is 0.481 e. The maximum Gasteiger partial charge on any atom is 0.217 e. The summed E-state index contributed by atoms with van der Waals surface area (Å²) in [4.78, 5) is 5.40. The van der Waals surface area contributed by atoms with Gasteiger partial charge in [-0.3, -0.25) is 0 Å². The summed E-state index contributed by atoms with van der Waals surface area (Å²) in [7, 11) is 1.61. The highest BCUT2D eigenvalue weighted by molar-refractivity contribution is 9.10. The van der Waals surface area contributed by atoms with Crippen molar-refractivity contribution in [3.8, 4) is 5.88 Å². The highest BCUT2D eigenvalue weighted by Gasteiger charge is 2.15. The molecule has 0 radical (unpaired) electrons. The van der Waals surface area contributed by atoms with E-state index in [1.165, 1.54) is 4.88 Å². The van der Waals surface area contributed by atoms with Gasteiger partial charge in [0.05, 0.1) is 7.11 Å². The molecule has 0 aromatic carbocycles. The number of halogens is 1. The minimum atomic E-state index is -0.103. The molecule has 2 heterocycles. The van der Waals surface area contributed by atoms with Crippen molar-refractivity contribution in [3.63, 3.8) is 0 Å². The number of hydrogen-bond donors (Lipinski definition) is 1. The fourth-order valence-electron chi connectivity index (χ4n) is 1.64. The van der Waals surface area contributed by atoms with Crippen LogP contribution in [0.1, 0.15) is 16.5 Å². The lowest BCUT2D eigenvalue weighted by Crippen LogP contribution is -2.14. The van der Waals surface area contributed by atoms with Crippen LogP contribution in [0.3, 0.4) is 0 Å². The zero-order valence-electron chi connectivity index (χ0n) is 9.39. The summed E-state index contributed by atoms with van der Waals surface area (Å²) in [6, 6.07) is 5.76. The van der Waals surface area contributed by atoms with Crippen molar-refractivity contribution < 1.29 is 4.74 Å². The maximum absolute atomic E-state index is 6.20. The maximum atomic E-state index is 6.20. The van der Waals surface area contributed by atoms with Gasteiger partial charge in [0.2, 0.25) is 5.88 Å². The van der Waals surface area contributed by atoms with Crippen LogP contribution < -0.4 is 10.5 Å². The van der Waals surface area contributed by atoms with Gasteiger partial charge in [0.15, 0.2) is 0 Å². The summed E-state index contributed by atoms with van der Waals surface area (Å²) < 4.78 is 6.33. The molecule has 2 aromatic heterocycles. The van der Waals surface area contributed by atoms with Crippen molar-refractivity contribution in [1.82, 2.24) is 4.98 Å². The Morgan fingerprint density at radius 2 is 2.35 bits per heavy atom. The molecule has 3 nitrogen and oxygen atoms in total. The van der Waals surface area contributed by atoms with E-state index in [9.17, 15) is 0 Å². The topological polar surface area (TPSA) is 48.1 Å². The van der Waals surface area contributed by atoms with Gasteiger partial charge < -0.3 is 10.5 Å². The van der Waals surface area contributed by atoms with E-state index in [1.807, 2.05) is 23.6 Å². The van der Waals surface area contributed by atoms with Gasteiger partial charge in [-0.2, -0.15) is 0 Å². The molecular weight excluding hydrogens is 300 g/mol. The Kier molecular flexibility index (Phi) is 4.15. The van der Waals surface area contributed by atoms with Crippen LogP contribution in [0, 0.1) is 0 Å². The van der Waals surface area contributed by atoms with E-state index in [4.69, 9.17) is 10.5 Å². The van der Waals surface area contributed by atoms with E-state index in [0.29, 0.717) is 5.88 Å². The van der Waals surface area contributed by atoms with Crippen LogP contribution in [-0.4, -0.2) is 12.1 Å². The van der Waals surface area contributed by atoms with Crippen molar-refractivity contribution in [2.24, 2.45) is 5.73 Å². The van der Waals surface area contributed by atoms with Gasteiger partial charge in [0.1, 0.15) is 0 Å². The molecule has 2 N–H and O–H groups in total. The van der Waals surface area contributed by atoms with E-state index in [1.54, 1.807) is 24.6 Å². The van der Waals surface area contributed by atoms with Gasteiger partial charge in [0, 0.05) is 33.6 Å². The summed E-state index contributed by atoms with van der Waals surface area (Å²) in [6.45, 7) is 0. The fraction of sp³-hybridized carbons (Fsp3) is 0.250. The second-order valence-electron chi connectivity index (χ2n) is 3.60. The quantitative estimate of drug-likeness (QED) is 0.943. The summed E-state index contributed by atoms with van der Waals surface area (Å²) in [5, 5.41) is 2.05. The van der Waals surface area contributed by atoms with Gasteiger partial charge >= 0.3 is 0 Å². The summed E-state index contributed by atoms with van der Waals surface area (Å²) in [6.07, 6.45) is 2.48. The molecule has 0 amide bonds. The monoisotopic (exact) mass is 312 g/mol. The second kappa shape index (κ2) is 5.62. The molecule has 0 fully saturated rings. The molecule has 0 saturated heterocycles. The molecular formula is C12H13BrN2OS. The Labute approximate surface area is 113 Å². The standard InChI is InChI=1S/C12H13BrN2OS/c1-16-12-8(3-2-5-15-12)10(14)7-11-9(13)4-6-17-11/h2-6,10H,7,14H2,1H3. The van der Waals surface area contributed by atoms with Crippen molar-refractivity contribution in [2.45, 2.75) is 12.5 Å². The second-order valence-corrected chi connectivity index (χ2v) is 5.46. The van der Waals surface area contributed by atoms with Crippen LogP contribution in [0.2, 0.25) is 0 Å². The Hall–Kier alpha value is -0.910. The number of pyridine rings is 1. The molecule has 17 heavy (non-hydrogen) atoms. The summed E-state index contributed by atoms with van der Waals surface area (Å²) in [5.41, 5.74) is 7.14. The molecule has 0 aliphatic rings. The van der Waals surface area contributed by atoms with Gasteiger partial charge in [-0.15, -0.1) is 11.3 Å². The van der Waals surface area contributed by atoms with E-state index in [0.717, 1.165) is 16.5 Å². The molecule has 0 bridgehead atoms. The minimum absolute atomic E-state index is 0.103. The van der Waals surface area contributed by atoms with Gasteiger partial charge in [-0.05, 0) is 33.4 Å². The lowest BCUT2D eigenvalue weighted by molar-refractivity contribution is 0.388. The summed E-state index contributed by atoms with van der Waals surface area (Å²) >= 11 is 5.21.